The number of halogens is 2. The maximum Gasteiger partial charge on any atom is 0.191 e. The van der Waals surface area contributed by atoms with Gasteiger partial charge in [-0.2, -0.15) is 0 Å². The second-order valence-corrected chi connectivity index (χ2v) is 8.05. The smallest absolute Gasteiger partial charge is 0.191 e. The molecule has 0 spiro atoms. The molecule has 2 heterocycles. The number of rotatable bonds is 8. The van der Waals surface area contributed by atoms with Gasteiger partial charge in [0.25, 0.3) is 0 Å². The van der Waals surface area contributed by atoms with E-state index in [1.165, 1.54) is 18.6 Å². The number of hydrogen-bond acceptors (Lipinski definition) is 4. The number of hydrogen-bond donors (Lipinski definition) is 2. The van der Waals surface area contributed by atoms with Gasteiger partial charge in [-0.25, -0.2) is 9.38 Å². The third kappa shape index (κ3) is 8.55. The number of ether oxygens (including phenoxy) is 2. The van der Waals surface area contributed by atoms with Gasteiger partial charge in [0.15, 0.2) is 5.96 Å². The molecule has 6 nitrogen and oxygen atoms in total. The third-order valence-electron chi connectivity index (χ3n) is 5.45. The van der Waals surface area contributed by atoms with Crippen molar-refractivity contribution >= 4 is 29.9 Å². The molecule has 30 heavy (non-hydrogen) atoms. The Labute approximate surface area is 197 Å². The van der Waals surface area contributed by atoms with E-state index in [0.717, 1.165) is 58.2 Å². The number of likely N-dealkylation sites (tertiary alicyclic amines) is 1. The highest BCUT2D eigenvalue weighted by atomic mass is 127. The Morgan fingerprint density at radius 2 is 2.13 bits per heavy atom. The van der Waals surface area contributed by atoms with Gasteiger partial charge in [-0.1, -0.05) is 6.07 Å². The van der Waals surface area contributed by atoms with Gasteiger partial charge < -0.3 is 25.0 Å². The predicted octanol–water partition coefficient (Wildman–Crippen LogP) is 3.27. The summed E-state index contributed by atoms with van der Waals surface area (Å²) in [4.78, 5) is 7.24. The van der Waals surface area contributed by atoms with Gasteiger partial charge in [0.1, 0.15) is 17.7 Å². The molecule has 0 aromatic heterocycles. The molecule has 2 fully saturated rings. The average Bonchev–Trinajstić information content (AvgIpc) is 3.21. The van der Waals surface area contributed by atoms with Crippen molar-refractivity contribution in [1.82, 2.24) is 15.5 Å². The summed E-state index contributed by atoms with van der Waals surface area (Å²) in [6.45, 7) is 10.6. The lowest BCUT2D eigenvalue weighted by molar-refractivity contribution is 0.150. The Morgan fingerprint density at radius 1 is 1.33 bits per heavy atom. The van der Waals surface area contributed by atoms with Crippen LogP contribution in [0.25, 0.3) is 0 Å². The number of piperidine rings is 1. The standard InChI is InChI=1S/C22H35FN4O2.HI/c1-3-24-22(25-14-17(2)29-21-6-4-5-19(23)13-21)26-20-7-10-27(11-8-20)15-18-9-12-28-16-18;/h4-6,13,17-18,20H,3,7-12,14-16H2,1-2H3,(H2,24,25,26);1H. The molecule has 8 heteroatoms. The van der Waals surface area contributed by atoms with Crippen LogP contribution in [-0.4, -0.2) is 68.9 Å². The van der Waals surface area contributed by atoms with Crippen LogP contribution in [0.2, 0.25) is 0 Å². The van der Waals surface area contributed by atoms with Crippen LogP contribution in [0.5, 0.6) is 5.75 Å². The van der Waals surface area contributed by atoms with Gasteiger partial charge in [-0.3, -0.25) is 0 Å². The normalized spacial score (nSPS) is 21.7. The van der Waals surface area contributed by atoms with E-state index < -0.39 is 0 Å². The second kappa shape index (κ2) is 13.3. The first-order chi connectivity index (χ1) is 14.1. The molecule has 2 saturated heterocycles. The SMILES string of the molecule is CCNC(=NCC(C)Oc1cccc(F)c1)NC1CCN(CC2CCOC2)CC1.I. The van der Waals surface area contributed by atoms with E-state index in [0.29, 0.717) is 24.3 Å². The van der Waals surface area contributed by atoms with Gasteiger partial charge in [0.2, 0.25) is 0 Å². The van der Waals surface area contributed by atoms with Gasteiger partial charge >= 0.3 is 0 Å². The van der Waals surface area contributed by atoms with E-state index in [1.807, 2.05) is 6.92 Å². The Balaban J connectivity index is 0.00000320. The zero-order valence-corrected chi connectivity index (χ0v) is 20.4. The molecular formula is C22H36FIN4O2. The lowest BCUT2D eigenvalue weighted by Crippen LogP contribution is -2.49. The molecule has 3 rings (SSSR count). The summed E-state index contributed by atoms with van der Waals surface area (Å²) in [6, 6.07) is 6.66. The first-order valence-corrected chi connectivity index (χ1v) is 10.9. The molecule has 0 aliphatic carbocycles. The van der Waals surface area contributed by atoms with Gasteiger partial charge in [0, 0.05) is 44.9 Å². The van der Waals surface area contributed by atoms with E-state index in [1.54, 1.807) is 12.1 Å². The minimum Gasteiger partial charge on any atom is -0.489 e. The summed E-state index contributed by atoms with van der Waals surface area (Å²) in [5.41, 5.74) is 0. The Bertz CT molecular complexity index is 650. The van der Waals surface area contributed by atoms with E-state index in [2.05, 4.69) is 27.4 Å². The highest BCUT2D eigenvalue weighted by Gasteiger charge is 2.24. The van der Waals surface area contributed by atoms with Crippen LogP contribution in [0.4, 0.5) is 4.39 Å². The molecular weight excluding hydrogens is 498 g/mol. The highest BCUT2D eigenvalue weighted by molar-refractivity contribution is 14.0. The van der Waals surface area contributed by atoms with Crippen LogP contribution < -0.4 is 15.4 Å². The quantitative estimate of drug-likeness (QED) is 0.305. The van der Waals surface area contributed by atoms with E-state index >= 15 is 0 Å². The Morgan fingerprint density at radius 3 is 2.80 bits per heavy atom. The molecule has 0 saturated carbocycles. The number of aliphatic imine (C=N–C) groups is 1. The summed E-state index contributed by atoms with van der Waals surface area (Å²) >= 11 is 0. The second-order valence-electron chi connectivity index (χ2n) is 8.05. The van der Waals surface area contributed by atoms with Crippen LogP contribution >= 0.6 is 24.0 Å². The Kier molecular flexibility index (Phi) is 11.2. The number of nitrogens with one attached hydrogen (secondary N) is 2. The maximum atomic E-state index is 13.3. The Hall–Kier alpha value is -1.13. The number of benzene rings is 1. The molecule has 1 aromatic carbocycles. The van der Waals surface area contributed by atoms with Crippen LogP contribution in [0, 0.1) is 11.7 Å². The predicted molar refractivity (Wildman–Crippen MR) is 129 cm³/mol. The fourth-order valence-electron chi connectivity index (χ4n) is 3.90. The van der Waals surface area contributed by atoms with Crippen molar-refractivity contribution in [3.05, 3.63) is 30.1 Å². The number of nitrogens with zero attached hydrogens (tertiary/aromatic N) is 2. The van der Waals surface area contributed by atoms with Crippen LogP contribution in [0.1, 0.15) is 33.1 Å². The average molecular weight is 534 g/mol. The molecule has 170 valence electrons. The first-order valence-electron chi connectivity index (χ1n) is 10.9. The summed E-state index contributed by atoms with van der Waals surface area (Å²) < 4.78 is 24.6. The first kappa shape index (κ1) is 25.1. The fraction of sp³-hybridized carbons (Fsp3) is 0.682. The highest BCUT2D eigenvalue weighted by Crippen LogP contribution is 2.18. The van der Waals surface area contributed by atoms with Crippen molar-refractivity contribution in [2.45, 2.75) is 45.3 Å². The largest absolute Gasteiger partial charge is 0.489 e. The molecule has 0 radical (unpaired) electrons. The number of guanidine groups is 1. The van der Waals surface area contributed by atoms with E-state index in [9.17, 15) is 4.39 Å². The topological polar surface area (TPSA) is 58.1 Å². The van der Waals surface area contributed by atoms with Gasteiger partial charge in [-0.15, -0.1) is 24.0 Å². The van der Waals surface area contributed by atoms with Crippen molar-refractivity contribution in [1.29, 1.82) is 0 Å². The maximum absolute atomic E-state index is 13.3. The van der Waals surface area contributed by atoms with Crippen molar-refractivity contribution < 1.29 is 13.9 Å². The molecule has 0 amide bonds. The summed E-state index contributed by atoms with van der Waals surface area (Å²) in [5, 5.41) is 6.89. The molecule has 2 unspecified atom stereocenters. The van der Waals surface area contributed by atoms with Crippen LogP contribution in [-0.2, 0) is 4.74 Å². The zero-order valence-electron chi connectivity index (χ0n) is 18.1. The van der Waals surface area contributed by atoms with E-state index in [-0.39, 0.29) is 35.9 Å². The molecule has 0 bridgehead atoms. The summed E-state index contributed by atoms with van der Waals surface area (Å²) in [6.07, 6.45) is 3.30. The molecule has 2 atom stereocenters. The summed E-state index contributed by atoms with van der Waals surface area (Å²) in [7, 11) is 0. The lowest BCUT2D eigenvalue weighted by Gasteiger charge is -2.34. The summed E-state index contributed by atoms with van der Waals surface area (Å²) in [5.74, 6) is 1.77. The lowest BCUT2D eigenvalue weighted by atomic mass is 10.0. The molecule has 2 aliphatic rings. The molecule has 2 aliphatic heterocycles. The van der Waals surface area contributed by atoms with Crippen molar-refractivity contribution in [2.75, 3.05) is 45.9 Å². The minimum absolute atomic E-state index is 0. The monoisotopic (exact) mass is 534 g/mol. The van der Waals surface area contributed by atoms with Crippen molar-refractivity contribution in [2.24, 2.45) is 10.9 Å². The fourth-order valence-corrected chi connectivity index (χ4v) is 3.90. The zero-order chi connectivity index (χ0) is 20.5. The third-order valence-corrected chi connectivity index (χ3v) is 5.45. The van der Waals surface area contributed by atoms with Crippen molar-refractivity contribution in [3.8, 4) is 5.75 Å². The van der Waals surface area contributed by atoms with Crippen molar-refractivity contribution in [3.63, 3.8) is 0 Å². The van der Waals surface area contributed by atoms with Gasteiger partial charge in [0.05, 0.1) is 13.2 Å². The molecule has 1 aromatic rings. The van der Waals surface area contributed by atoms with Gasteiger partial charge in [-0.05, 0) is 51.2 Å². The minimum atomic E-state index is -0.292. The van der Waals surface area contributed by atoms with E-state index in [4.69, 9.17) is 9.47 Å². The molecule has 2 N–H and O–H groups in total. The van der Waals surface area contributed by atoms with Crippen LogP contribution in [0.3, 0.4) is 0 Å². The van der Waals surface area contributed by atoms with Crippen LogP contribution in [0.15, 0.2) is 29.3 Å².